The lowest BCUT2D eigenvalue weighted by Gasteiger charge is -2.33. The van der Waals surface area contributed by atoms with Crippen LogP contribution < -0.4 is 9.62 Å². The normalized spacial score (nSPS) is 12.2. The molecule has 0 fully saturated rings. The van der Waals surface area contributed by atoms with Crippen molar-refractivity contribution < 1.29 is 18.0 Å². The Morgan fingerprint density at radius 1 is 1.09 bits per heavy atom. The van der Waals surface area contributed by atoms with E-state index in [4.69, 9.17) is 23.2 Å². The Hall–Kier alpha value is -2.29. The van der Waals surface area contributed by atoms with Gasteiger partial charge < -0.3 is 10.2 Å². The molecule has 0 saturated carbocycles. The van der Waals surface area contributed by atoms with E-state index in [1.54, 1.807) is 6.07 Å². The molecule has 2 aromatic rings. The van der Waals surface area contributed by atoms with Gasteiger partial charge in [0.1, 0.15) is 12.6 Å². The number of nitrogens with one attached hydrogen (secondary N) is 1. The van der Waals surface area contributed by atoms with Crippen molar-refractivity contribution in [3.05, 3.63) is 63.6 Å². The van der Waals surface area contributed by atoms with Crippen molar-refractivity contribution in [1.82, 2.24) is 10.2 Å². The van der Waals surface area contributed by atoms with Gasteiger partial charge in [-0.1, -0.05) is 79.4 Å². The summed E-state index contributed by atoms with van der Waals surface area (Å²) in [4.78, 5) is 28.1. The summed E-state index contributed by atoms with van der Waals surface area (Å²) in [7, 11) is -3.89. The molecule has 1 atom stereocenters. The Kier molecular flexibility index (Phi) is 10.9. The van der Waals surface area contributed by atoms with Crippen LogP contribution in [-0.2, 0) is 26.2 Å². The van der Waals surface area contributed by atoms with Gasteiger partial charge in [-0.15, -0.1) is 0 Å². The number of hydrogen-bond donors (Lipinski definition) is 1. The number of anilines is 1. The zero-order valence-electron chi connectivity index (χ0n) is 20.6. The van der Waals surface area contributed by atoms with Crippen LogP contribution in [0.4, 0.5) is 5.69 Å². The van der Waals surface area contributed by atoms with E-state index in [-0.39, 0.29) is 28.2 Å². The van der Waals surface area contributed by atoms with Gasteiger partial charge >= 0.3 is 0 Å². The number of unbranched alkanes of at least 4 members (excludes halogenated alkanes) is 1. The average molecular weight is 543 g/mol. The molecule has 0 aliphatic heterocycles. The van der Waals surface area contributed by atoms with Crippen molar-refractivity contribution in [2.45, 2.75) is 52.6 Å². The molecule has 0 unspecified atom stereocenters. The smallest absolute Gasteiger partial charge is 0.244 e. The maximum atomic E-state index is 13.7. The van der Waals surface area contributed by atoms with Crippen molar-refractivity contribution in [3.8, 4) is 0 Å². The van der Waals surface area contributed by atoms with Crippen molar-refractivity contribution in [3.63, 3.8) is 0 Å². The van der Waals surface area contributed by atoms with Crippen molar-refractivity contribution in [2.75, 3.05) is 23.7 Å². The van der Waals surface area contributed by atoms with Crippen LogP contribution in [-0.4, -0.2) is 50.5 Å². The van der Waals surface area contributed by atoms with Gasteiger partial charge in [-0.25, -0.2) is 8.42 Å². The topological polar surface area (TPSA) is 86.8 Å². The fraction of sp³-hybridized carbons (Fsp3) is 0.440. The molecular weight excluding hydrogens is 509 g/mol. The van der Waals surface area contributed by atoms with Gasteiger partial charge in [0, 0.05) is 13.1 Å². The molecule has 0 aliphatic carbocycles. The molecule has 10 heteroatoms. The maximum absolute atomic E-state index is 13.7. The third-order valence-electron chi connectivity index (χ3n) is 5.53. The monoisotopic (exact) mass is 541 g/mol. The van der Waals surface area contributed by atoms with E-state index in [0.29, 0.717) is 13.0 Å². The number of carbonyl (C=O) groups is 2. The molecule has 0 saturated heterocycles. The first-order valence-corrected chi connectivity index (χ1v) is 14.1. The largest absolute Gasteiger partial charge is 0.354 e. The minimum absolute atomic E-state index is 0.0296. The van der Waals surface area contributed by atoms with Gasteiger partial charge in [-0.05, 0) is 37.5 Å². The molecule has 0 aromatic heterocycles. The van der Waals surface area contributed by atoms with Crippen LogP contribution in [0.25, 0.3) is 0 Å². The highest BCUT2D eigenvalue weighted by Gasteiger charge is 2.32. The maximum Gasteiger partial charge on any atom is 0.244 e. The standard InChI is InChI=1S/C25H33Cl2N3O4S/c1-5-7-14-28-25(32)21(6-2)29(16-19-11-8-10-18(3)15-19)23(31)17-30(35(4,33)34)22-13-9-12-20(26)24(22)27/h8-13,15,21H,5-7,14,16-17H2,1-4H3,(H,28,32)/t21-/m1/s1. The summed E-state index contributed by atoms with van der Waals surface area (Å²) in [5.74, 6) is -0.792. The number of rotatable bonds is 12. The highest BCUT2D eigenvalue weighted by Crippen LogP contribution is 2.33. The van der Waals surface area contributed by atoms with Crippen molar-refractivity contribution in [1.29, 1.82) is 0 Å². The number of halogens is 2. The predicted octanol–water partition coefficient (Wildman–Crippen LogP) is 4.79. The van der Waals surface area contributed by atoms with E-state index in [1.807, 2.05) is 45.0 Å². The zero-order valence-corrected chi connectivity index (χ0v) is 22.9. The molecule has 0 radical (unpaired) electrons. The summed E-state index contributed by atoms with van der Waals surface area (Å²) in [6.07, 6.45) is 3.11. The summed E-state index contributed by atoms with van der Waals surface area (Å²) < 4.78 is 26.3. The summed E-state index contributed by atoms with van der Waals surface area (Å²) in [6, 6.07) is 11.4. The van der Waals surface area contributed by atoms with Crippen LogP contribution in [0.1, 0.15) is 44.2 Å². The molecule has 0 heterocycles. The highest BCUT2D eigenvalue weighted by molar-refractivity contribution is 7.92. The van der Waals surface area contributed by atoms with Crippen LogP contribution in [0.2, 0.25) is 10.0 Å². The van der Waals surface area contributed by atoms with Crippen LogP contribution in [0.3, 0.4) is 0 Å². The van der Waals surface area contributed by atoms with Gasteiger partial charge in [0.15, 0.2) is 0 Å². The second kappa shape index (κ2) is 13.1. The molecular formula is C25H33Cl2N3O4S. The van der Waals surface area contributed by atoms with Crippen LogP contribution in [0.5, 0.6) is 0 Å². The van der Waals surface area contributed by atoms with Crippen LogP contribution in [0, 0.1) is 6.92 Å². The lowest BCUT2D eigenvalue weighted by atomic mass is 10.1. The molecule has 0 bridgehead atoms. The van der Waals surface area contributed by atoms with E-state index >= 15 is 0 Å². The van der Waals surface area contributed by atoms with Crippen molar-refractivity contribution >= 4 is 50.7 Å². The Morgan fingerprint density at radius 3 is 2.37 bits per heavy atom. The number of nitrogens with zero attached hydrogens (tertiary/aromatic N) is 2. The number of carbonyl (C=O) groups excluding carboxylic acids is 2. The summed E-state index contributed by atoms with van der Waals surface area (Å²) >= 11 is 12.4. The molecule has 2 amide bonds. The lowest BCUT2D eigenvalue weighted by Crippen LogP contribution is -2.52. The van der Waals surface area contributed by atoms with E-state index in [2.05, 4.69) is 5.32 Å². The Bertz CT molecular complexity index is 1140. The molecule has 7 nitrogen and oxygen atoms in total. The molecule has 35 heavy (non-hydrogen) atoms. The molecule has 2 aromatic carbocycles. The first-order valence-electron chi connectivity index (χ1n) is 11.5. The first kappa shape index (κ1) is 28.9. The second-order valence-corrected chi connectivity index (χ2v) is 11.1. The fourth-order valence-corrected chi connectivity index (χ4v) is 5.01. The molecule has 0 spiro atoms. The predicted molar refractivity (Wildman–Crippen MR) is 142 cm³/mol. The number of amides is 2. The minimum atomic E-state index is -3.89. The molecule has 0 aliphatic rings. The SMILES string of the molecule is CCCCNC(=O)[C@@H](CC)N(Cc1cccc(C)c1)C(=O)CN(c1cccc(Cl)c1Cl)S(C)(=O)=O. The van der Waals surface area contributed by atoms with Gasteiger partial charge in [0.25, 0.3) is 0 Å². The van der Waals surface area contributed by atoms with Gasteiger partial charge in [-0.3, -0.25) is 13.9 Å². The van der Waals surface area contributed by atoms with Gasteiger partial charge in [0.05, 0.1) is 22.0 Å². The van der Waals surface area contributed by atoms with Crippen LogP contribution in [0.15, 0.2) is 42.5 Å². The van der Waals surface area contributed by atoms with E-state index < -0.39 is 28.5 Å². The number of aryl methyl sites for hydroxylation is 1. The fourth-order valence-electron chi connectivity index (χ4n) is 3.71. The lowest BCUT2D eigenvalue weighted by molar-refractivity contribution is -0.140. The average Bonchev–Trinajstić information content (AvgIpc) is 2.79. The number of benzene rings is 2. The minimum Gasteiger partial charge on any atom is -0.354 e. The Morgan fingerprint density at radius 2 is 1.77 bits per heavy atom. The van der Waals surface area contributed by atoms with E-state index in [9.17, 15) is 18.0 Å². The second-order valence-electron chi connectivity index (χ2n) is 8.42. The summed E-state index contributed by atoms with van der Waals surface area (Å²) in [5, 5.41) is 3.10. The molecule has 1 N–H and O–H groups in total. The van der Waals surface area contributed by atoms with E-state index in [0.717, 1.165) is 34.5 Å². The summed E-state index contributed by atoms with van der Waals surface area (Å²) in [5.41, 5.74) is 1.95. The molecule has 2 rings (SSSR count). The Labute approximate surface area is 218 Å². The quantitative estimate of drug-likeness (QED) is 0.391. The van der Waals surface area contributed by atoms with Crippen molar-refractivity contribution in [2.24, 2.45) is 0 Å². The van der Waals surface area contributed by atoms with Crippen LogP contribution >= 0.6 is 23.2 Å². The highest BCUT2D eigenvalue weighted by atomic mass is 35.5. The zero-order chi connectivity index (χ0) is 26.2. The van der Waals surface area contributed by atoms with Gasteiger partial charge in [-0.2, -0.15) is 0 Å². The van der Waals surface area contributed by atoms with E-state index in [1.165, 1.54) is 17.0 Å². The molecule has 192 valence electrons. The third-order valence-corrected chi connectivity index (χ3v) is 7.47. The number of sulfonamides is 1. The van der Waals surface area contributed by atoms with Gasteiger partial charge in [0.2, 0.25) is 21.8 Å². The Balaban J connectivity index is 2.45. The third kappa shape index (κ3) is 8.12. The first-order chi connectivity index (χ1) is 16.5. The number of hydrogen-bond acceptors (Lipinski definition) is 4. The summed E-state index contributed by atoms with van der Waals surface area (Å²) in [6.45, 7) is 5.92.